The molecule has 134 valence electrons. The zero-order valence-electron chi connectivity index (χ0n) is 14.6. The Morgan fingerprint density at radius 2 is 1.92 bits per heavy atom. The monoisotopic (exact) mass is 354 g/mol. The molecule has 1 fully saturated rings. The molecular weight excluding hydrogens is 328 g/mol. The lowest BCUT2D eigenvalue weighted by Gasteiger charge is -2.26. The Morgan fingerprint density at radius 1 is 1.25 bits per heavy atom. The molecule has 1 aliphatic heterocycles. The number of nitrogens with zero attached hydrogens (tertiary/aromatic N) is 2. The van der Waals surface area contributed by atoms with Gasteiger partial charge in [-0.1, -0.05) is 17.7 Å². The van der Waals surface area contributed by atoms with Gasteiger partial charge in [-0.2, -0.15) is 0 Å². The molecule has 1 aliphatic rings. The lowest BCUT2D eigenvalue weighted by molar-refractivity contribution is -0.132. The molecule has 1 amide bonds. The lowest BCUT2D eigenvalue weighted by Crippen LogP contribution is -2.43. The molecule has 0 unspecified atom stereocenters. The van der Waals surface area contributed by atoms with E-state index >= 15 is 0 Å². The number of hydrogen-bond acceptors (Lipinski definition) is 5. The van der Waals surface area contributed by atoms with Crippen LogP contribution in [0.4, 0.5) is 0 Å². The van der Waals surface area contributed by atoms with Crippen LogP contribution in [0.25, 0.3) is 0 Å². The third-order valence-corrected chi connectivity index (χ3v) is 6.07. The van der Waals surface area contributed by atoms with Gasteiger partial charge in [0.1, 0.15) is 12.4 Å². The van der Waals surface area contributed by atoms with Crippen LogP contribution in [0.15, 0.2) is 24.3 Å². The highest BCUT2D eigenvalue weighted by molar-refractivity contribution is 7.91. The van der Waals surface area contributed by atoms with Crippen LogP contribution < -0.4 is 4.74 Å². The molecule has 1 heterocycles. The molecule has 0 N–H and O–H groups in total. The zero-order valence-corrected chi connectivity index (χ0v) is 15.4. The van der Waals surface area contributed by atoms with Crippen molar-refractivity contribution in [3.05, 3.63) is 29.8 Å². The van der Waals surface area contributed by atoms with Gasteiger partial charge in [-0.25, -0.2) is 8.42 Å². The minimum absolute atomic E-state index is 0.0602. The van der Waals surface area contributed by atoms with Crippen molar-refractivity contribution in [3.63, 3.8) is 0 Å². The standard InChI is InChI=1S/C17H26N2O4S/c1-14-4-6-16(7-5-14)23-10-9-18(2)12-17(20)19(3)15-8-11-24(21,22)13-15/h4-7,15H,8-13H2,1-3H3/t15-/m1/s1. The SMILES string of the molecule is Cc1ccc(OCCN(C)CC(=O)N(C)[C@@H]2CCS(=O)(=O)C2)cc1. The Morgan fingerprint density at radius 3 is 2.50 bits per heavy atom. The van der Waals surface area contributed by atoms with Crippen molar-refractivity contribution >= 4 is 15.7 Å². The summed E-state index contributed by atoms with van der Waals surface area (Å²) >= 11 is 0. The van der Waals surface area contributed by atoms with Gasteiger partial charge in [-0.05, 0) is 32.5 Å². The van der Waals surface area contributed by atoms with Gasteiger partial charge in [0.05, 0.1) is 18.1 Å². The minimum atomic E-state index is -2.98. The molecule has 0 bridgehead atoms. The fourth-order valence-electron chi connectivity index (χ4n) is 2.66. The Bertz CT molecular complexity index is 658. The predicted octanol–water partition coefficient (Wildman–Crippen LogP) is 0.951. The average Bonchev–Trinajstić information content (AvgIpc) is 2.88. The van der Waals surface area contributed by atoms with Crippen molar-refractivity contribution in [1.82, 2.24) is 9.80 Å². The first-order chi connectivity index (χ1) is 11.3. The molecule has 1 aromatic carbocycles. The summed E-state index contributed by atoms with van der Waals surface area (Å²) in [7, 11) is 0.564. The van der Waals surface area contributed by atoms with E-state index in [0.29, 0.717) is 19.6 Å². The van der Waals surface area contributed by atoms with E-state index < -0.39 is 9.84 Å². The van der Waals surface area contributed by atoms with Crippen LogP contribution in [0.1, 0.15) is 12.0 Å². The van der Waals surface area contributed by atoms with Crippen molar-refractivity contribution in [2.45, 2.75) is 19.4 Å². The van der Waals surface area contributed by atoms with Gasteiger partial charge < -0.3 is 9.64 Å². The number of aryl methyl sites for hydroxylation is 1. The number of hydrogen-bond donors (Lipinski definition) is 0. The van der Waals surface area contributed by atoms with E-state index in [4.69, 9.17) is 4.74 Å². The molecule has 0 aromatic heterocycles. The molecule has 2 rings (SSSR count). The maximum atomic E-state index is 12.3. The highest BCUT2D eigenvalue weighted by Gasteiger charge is 2.32. The molecule has 0 spiro atoms. The summed E-state index contributed by atoms with van der Waals surface area (Å²) in [6.07, 6.45) is 0.533. The Labute approximate surface area is 144 Å². The third-order valence-electron chi connectivity index (χ3n) is 4.32. The summed E-state index contributed by atoms with van der Waals surface area (Å²) in [6.45, 7) is 3.39. The second-order valence-corrected chi connectivity index (χ2v) is 8.69. The number of sulfone groups is 1. The van der Waals surface area contributed by atoms with Crippen LogP contribution in [-0.4, -0.2) is 75.5 Å². The van der Waals surface area contributed by atoms with Crippen LogP contribution >= 0.6 is 0 Å². The number of benzene rings is 1. The Kier molecular flexibility index (Phi) is 6.23. The molecule has 1 saturated heterocycles. The van der Waals surface area contributed by atoms with E-state index in [2.05, 4.69) is 0 Å². The van der Waals surface area contributed by atoms with Gasteiger partial charge in [-0.15, -0.1) is 0 Å². The summed E-state index contributed by atoms with van der Waals surface area (Å²) in [6, 6.07) is 7.64. The number of carbonyl (C=O) groups is 1. The number of carbonyl (C=O) groups excluding carboxylic acids is 1. The van der Waals surface area contributed by atoms with E-state index in [1.165, 1.54) is 5.56 Å². The zero-order chi connectivity index (χ0) is 17.7. The van der Waals surface area contributed by atoms with Crippen molar-refractivity contribution in [1.29, 1.82) is 0 Å². The van der Waals surface area contributed by atoms with Gasteiger partial charge in [0.15, 0.2) is 9.84 Å². The van der Waals surface area contributed by atoms with Gasteiger partial charge in [0, 0.05) is 19.6 Å². The van der Waals surface area contributed by atoms with E-state index in [1.54, 1.807) is 11.9 Å². The number of likely N-dealkylation sites (N-methyl/N-ethyl adjacent to an activating group) is 2. The first-order valence-corrected chi connectivity index (χ1v) is 9.93. The molecule has 1 aromatic rings. The molecule has 6 nitrogen and oxygen atoms in total. The van der Waals surface area contributed by atoms with Gasteiger partial charge in [0.25, 0.3) is 0 Å². The van der Waals surface area contributed by atoms with E-state index in [0.717, 1.165) is 5.75 Å². The van der Waals surface area contributed by atoms with E-state index in [1.807, 2.05) is 43.1 Å². The maximum Gasteiger partial charge on any atom is 0.236 e. The van der Waals surface area contributed by atoms with Crippen LogP contribution in [0, 0.1) is 6.92 Å². The summed E-state index contributed by atoms with van der Waals surface area (Å²) in [5.41, 5.74) is 1.18. The second kappa shape index (κ2) is 7.98. The van der Waals surface area contributed by atoms with Crippen LogP contribution in [-0.2, 0) is 14.6 Å². The largest absolute Gasteiger partial charge is 0.492 e. The quantitative estimate of drug-likeness (QED) is 0.729. The van der Waals surface area contributed by atoms with Crippen molar-refractivity contribution < 1.29 is 17.9 Å². The van der Waals surface area contributed by atoms with Crippen molar-refractivity contribution in [2.75, 3.05) is 45.3 Å². The smallest absolute Gasteiger partial charge is 0.236 e. The van der Waals surface area contributed by atoms with Crippen LogP contribution in [0.5, 0.6) is 5.75 Å². The molecule has 24 heavy (non-hydrogen) atoms. The lowest BCUT2D eigenvalue weighted by atomic mass is 10.2. The van der Waals surface area contributed by atoms with E-state index in [9.17, 15) is 13.2 Å². The number of rotatable bonds is 7. The summed E-state index contributed by atoms with van der Waals surface area (Å²) in [5, 5.41) is 0. The fourth-order valence-corrected chi connectivity index (χ4v) is 4.43. The summed E-state index contributed by atoms with van der Waals surface area (Å²) < 4.78 is 28.7. The normalized spacial score (nSPS) is 19.4. The highest BCUT2D eigenvalue weighted by Crippen LogP contribution is 2.16. The summed E-state index contributed by atoms with van der Waals surface area (Å²) in [4.78, 5) is 15.7. The maximum absolute atomic E-state index is 12.3. The van der Waals surface area contributed by atoms with Crippen molar-refractivity contribution in [3.8, 4) is 5.75 Å². The highest BCUT2D eigenvalue weighted by atomic mass is 32.2. The molecule has 1 atom stereocenters. The topological polar surface area (TPSA) is 66.9 Å². The molecule has 0 aliphatic carbocycles. The van der Waals surface area contributed by atoms with E-state index in [-0.39, 0.29) is 30.0 Å². The van der Waals surface area contributed by atoms with Gasteiger partial charge in [0.2, 0.25) is 5.91 Å². The minimum Gasteiger partial charge on any atom is -0.492 e. The molecule has 7 heteroatoms. The third kappa shape index (κ3) is 5.49. The first-order valence-electron chi connectivity index (χ1n) is 8.11. The number of ether oxygens (including phenoxy) is 1. The van der Waals surface area contributed by atoms with Crippen molar-refractivity contribution in [2.24, 2.45) is 0 Å². The van der Waals surface area contributed by atoms with Gasteiger partial charge in [-0.3, -0.25) is 9.69 Å². The van der Waals surface area contributed by atoms with Gasteiger partial charge >= 0.3 is 0 Å². The van der Waals surface area contributed by atoms with Crippen LogP contribution in [0.3, 0.4) is 0 Å². The Balaban J connectivity index is 1.72. The Hall–Kier alpha value is -1.60. The number of amides is 1. The summed E-state index contributed by atoms with van der Waals surface area (Å²) in [5.74, 6) is 1.01. The first kappa shape index (κ1) is 18.7. The molecule has 0 saturated carbocycles. The second-order valence-electron chi connectivity index (χ2n) is 6.46. The molecule has 0 radical (unpaired) electrons. The predicted molar refractivity (Wildman–Crippen MR) is 94.0 cm³/mol. The molecular formula is C17H26N2O4S. The fraction of sp³-hybridized carbons (Fsp3) is 0.588. The average molecular weight is 354 g/mol. The van der Waals surface area contributed by atoms with Crippen LogP contribution in [0.2, 0.25) is 0 Å².